The summed E-state index contributed by atoms with van der Waals surface area (Å²) in [6.45, 7) is 11.8. The highest BCUT2D eigenvalue weighted by molar-refractivity contribution is 5.99. The van der Waals surface area contributed by atoms with E-state index in [2.05, 4.69) is 77.6 Å². The second-order valence-corrected chi connectivity index (χ2v) is 23.2. The largest absolute Gasteiger partial charge is 0.471 e. The molecule has 15 rings (SSSR count). The van der Waals surface area contributed by atoms with E-state index >= 15 is 0 Å². The van der Waals surface area contributed by atoms with Crippen molar-refractivity contribution in [2.75, 3.05) is 19.6 Å². The number of likely N-dealkylation sites (tertiary alicyclic amines) is 3. The van der Waals surface area contributed by atoms with Gasteiger partial charge in [0, 0.05) is 67.9 Å². The fourth-order valence-electron chi connectivity index (χ4n) is 13.1. The van der Waals surface area contributed by atoms with Crippen LogP contribution in [0.5, 0.6) is 17.8 Å². The van der Waals surface area contributed by atoms with Crippen LogP contribution in [0.15, 0.2) is 128 Å². The average Bonchev–Trinajstić information content (AvgIpc) is 2.79. The predicted octanol–water partition coefficient (Wildman–Crippen LogP) is 6.68. The summed E-state index contributed by atoms with van der Waals surface area (Å²) >= 11 is 0. The SMILES string of the molecule is CCc1cnc(OC2CC3CC2N(C(=O)c2nc(C)ccc2-c2ncccn2)C3)nc1.Cc1ccc(OC2CC3CC2N(C(=O)c2ccccc2-n2nccn2)C3)nn1.Cc1ccc(OC2CC3CC2N(C(=O)c2nc(C)ccc2-n2nccn2)C3)nn1. The highest BCUT2D eigenvalue weighted by atomic mass is 16.5. The molecule has 0 radical (unpaired) electrons. The normalized spacial score (nSPS) is 22.6. The summed E-state index contributed by atoms with van der Waals surface area (Å²) in [5.74, 6) is 2.56. The Morgan fingerprint density at radius 1 is 0.466 bits per heavy atom. The van der Waals surface area contributed by atoms with Gasteiger partial charge >= 0.3 is 6.01 Å². The van der Waals surface area contributed by atoms with E-state index in [1.165, 1.54) is 9.59 Å². The lowest BCUT2D eigenvalue weighted by Crippen LogP contribution is -2.47. The van der Waals surface area contributed by atoms with E-state index in [1.54, 1.807) is 55.6 Å². The molecule has 1 aromatic carbocycles. The van der Waals surface area contributed by atoms with E-state index in [-0.39, 0.29) is 54.2 Å². The van der Waals surface area contributed by atoms with Crippen molar-refractivity contribution in [3.05, 3.63) is 174 Å². The maximum atomic E-state index is 13.6. The van der Waals surface area contributed by atoms with Crippen molar-refractivity contribution in [1.29, 1.82) is 0 Å². The molecule has 3 saturated carbocycles. The Balaban J connectivity index is 0.000000122. The van der Waals surface area contributed by atoms with Crippen molar-refractivity contribution in [1.82, 2.24) is 95.0 Å². The van der Waals surface area contributed by atoms with Crippen molar-refractivity contribution in [2.45, 2.75) is 116 Å². The Bertz CT molecular complexity index is 3920. The highest BCUT2D eigenvalue weighted by Gasteiger charge is 2.51. The van der Waals surface area contributed by atoms with Crippen molar-refractivity contribution < 1.29 is 28.6 Å². The van der Waals surface area contributed by atoms with Gasteiger partial charge in [-0.1, -0.05) is 19.1 Å². The van der Waals surface area contributed by atoms with Crippen LogP contribution in [0.3, 0.4) is 0 Å². The van der Waals surface area contributed by atoms with Gasteiger partial charge in [-0.25, -0.2) is 29.9 Å². The van der Waals surface area contributed by atoms with Crippen LogP contribution in [-0.2, 0) is 6.42 Å². The number of carbonyl (C=O) groups excluding carboxylic acids is 3. The van der Waals surface area contributed by atoms with Crippen molar-refractivity contribution in [3.63, 3.8) is 0 Å². The lowest BCUT2D eigenvalue weighted by Gasteiger charge is -2.33. The third-order valence-corrected chi connectivity index (χ3v) is 17.2. The van der Waals surface area contributed by atoms with Gasteiger partial charge in [-0.3, -0.25) is 14.4 Å². The molecule has 25 heteroatoms. The number of rotatable bonds is 13. The maximum Gasteiger partial charge on any atom is 0.316 e. The van der Waals surface area contributed by atoms with Crippen LogP contribution in [0.4, 0.5) is 0 Å². The van der Waals surface area contributed by atoms with Gasteiger partial charge in [0.2, 0.25) is 11.8 Å². The minimum absolute atomic E-state index is 0.00338. The fraction of sp³-hybridized carbons (Fsp3) is 0.381. The molecule has 0 spiro atoms. The molecule has 6 bridgehead atoms. The van der Waals surface area contributed by atoms with Gasteiger partial charge in [0.05, 0.1) is 71.1 Å². The fourth-order valence-corrected chi connectivity index (χ4v) is 13.1. The van der Waals surface area contributed by atoms with Gasteiger partial charge in [-0.2, -0.15) is 35.4 Å². The van der Waals surface area contributed by atoms with Crippen LogP contribution in [0, 0.1) is 45.4 Å². The summed E-state index contributed by atoms with van der Waals surface area (Å²) in [6.07, 6.45) is 19.5. The number of ether oxygens (including phenoxy) is 3. The predicted molar refractivity (Wildman–Crippen MR) is 316 cm³/mol. The molecular weight excluding hydrogens is 1120 g/mol. The summed E-state index contributed by atoms with van der Waals surface area (Å²) in [4.78, 5) is 75.4. The molecule has 8 aromatic heterocycles. The van der Waals surface area contributed by atoms with Gasteiger partial charge < -0.3 is 28.9 Å². The van der Waals surface area contributed by atoms with E-state index in [0.717, 1.165) is 79.8 Å². The third-order valence-electron chi connectivity index (χ3n) is 17.2. The van der Waals surface area contributed by atoms with Gasteiger partial charge in [0.15, 0.2) is 11.5 Å². The smallest absolute Gasteiger partial charge is 0.316 e. The zero-order chi connectivity index (χ0) is 60.4. The first-order valence-corrected chi connectivity index (χ1v) is 29.8. The average molecular weight is 1180 g/mol. The van der Waals surface area contributed by atoms with Crippen LogP contribution >= 0.6 is 0 Å². The first-order valence-electron chi connectivity index (χ1n) is 29.8. The molecule has 6 fully saturated rings. The van der Waals surface area contributed by atoms with Crippen LogP contribution in [0.1, 0.15) is 105 Å². The molecule has 448 valence electrons. The standard InChI is InChI=1S/C23H24N6O2.C20H21N7O2.C20H20N6O2/c1-3-15-11-26-23(27-12-15)31-19-10-16-9-18(19)29(13-16)22(30)20-17(6-5-14(2)28-20)21-24-7-4-8-25-21;1-12-3-5-15(27-21-7-8-22-27)19(23-12)20(28)26-11-14-9-16(26)17(10-14)29-18-6-4-13(2)24-25-18;1-13-6-7-19(24-23-13)28-18-11-14-10-17(18)25(12-14)20(27)15-4-2-3-5-16(15)26-21-8-9-22-26/h4-8,11-12,16,18-19H,3,9-10,13H2,1-2H3;3-8,14,16-17H,9-11H2,1-2H3;2-9,14,17-18H,10-12H2,1H3. The monoisotopic (exact) mass is 1180 g/mol. The van der Waals surface area contributed by atoms with E-state index in [0.29, 0.717) is 88.3 Å². The molecular formula is C63H65N19O6. The van der Waals surface area contributed by atoms with Crippen molar-refractivity contribution >= 4 is 17.7 Å². The van der Waals surface area contributed by atoms with Crippen LogP contribution in [0.25, 0.3) is 22.8 Å². The first-order chi connectivity index (χ1) is 42.9. The molecule has 6 aliphatic rings. The number of para-hydroxylation sites is 1. The minimum atomic E-state index is -0.114. The Hall–Kier alpha value is -10.1. The van der Waals surface area contributed by atoms with Gasteiger partial charge in [0.1, 0.15) is 29.7 Å². The number of carbonyl (C=O) groups is 3. The summed E-state index contributed by atoms with van der Waals surface area (Å²) in [5, 5.41) is 33.0. The first kappa shape index (κ1) is 57.0. The summed E-state index contributed by atoms with van der Waals surface area (Å²) in [6, 6.07) is 24.4. The second-order valence-electron chi connectivity index (χ2n) is 23.2. The van der Waals surface area contributed by atoms with Gasteiger partial charge in [-0.15, -0.1) is 15.0 Å². The highest BCUT2D eigenvalue weighted by Crippen LogP contribution is 2.43. The molecule has 25 nitrogen and oxygen atoms in total. The third kappa shape index (κ3) is 11.9. The number of amides is 3. The Kier molecular flexibility index (Phi) is 16.0. The number of hydrogen-bond acceptors (Lipinski definition) is 20. The quantitative estimate of drug-likeness (QED) is 0.116. The second kappa shape index (κ2) is 24.7. The van der Waals surface area contributed by atoms with Gasteiger partial charge in [0.25, 0.3) is 17.7 Å². The molecule has 3 aliphatic heterocycles. The molecule has 11 heterocycles. The Morgan fingerprint density at radius 3 is 1.47 bits per heavy atom. The van der Waals surface area contributed by atoms with Crippen LogP contribution in [0.2, 0.25) is 0 Å². The molecule has 0 N–H and O–H groups in total. The van der Waals surface area contributed by atoms with Crippen molar-refractivity contribution in [3.8, 4) is 40.5 Å². The van der Waals surface area contributed by atoms with Gasteiger partial charge in [-0.05, 0) is 151 Å². The number of aromatic nitrogens is 16. The maximum absolute atomic E-state index is 13.6. The number of pyridine rings is 2. The molecule has 88 heavy (non-hydrogen) atoms. The lowest BCUT2D eigenvalue weighted by atomic mass is 10.1. The minimum Gasteiger partial charge on any atom is -0.471 e. The summed E-state index contributed by atoms with van der Waals surface area (Å²) in [5.41, 5.74) is 7.57. The Morgan fingerprint density at radius 2 is 0.943 bits per heavy atom. The molecule has 3 saturated heterocycles. The zero-order valence-corrected chi connectivity index (χ0v) is 49.3. The molecule has 9 aromatic rings. The summed E-state index contributed by atoms with van der Waals surface area (Å²) < 4.78 is 18.3. The number of benzene rings is 1. The number of fused-ring (bicyclic) bond motifs is 6. The molecule has 9 atom stereocenters. The van der Waals surface area contributed by atoms with E-state index in [9.17, 15) is 14.4 Å². The number of aryl methyl sites for hydroxylation is 5. The number of hydrogen-bond donors (Lipinski definition) is 0. The van der Waals surface area contributed by atoms with Crippen molar-refractivity contribution in [2.24, 2.45) is 17.8 Å². The van der Waals surface area contributed by atoms with E-state index in [4.69, 9.17) is 14.2 Å². The topological polar surface area (TPSA) is 279 Å². The zero-order valence-electron chi connectivity index (χ0n) is 49.3. The molecule has 3 aliphatic carbocycles. The van der Waals surface area contributed by atoms with Crippen LogP contribution in [-0.4, -0.2) is 169 Å². The van der Waals surface area contributed by atoms with E-state index in [1.807, 2.05) is 115 Å². The van der Waals surface area contributed by atoms with Crippen LogP contribution < -0.4 is 14.2 Å². The molecule has 9 unspecified atom stereocenters. The van der Waals surface area contributed by atoms with E-state index < -0.39 is 0 Å². The molecule has 3 amide bonds. The number of nitrogens with zero attached hydrogens (tertiary/aromatic N) is 19. The summed E-state index contributed by atoms with van der Waals surface area (Å²) in [7, 11) is 0. The lowest BCUT2D eigenvalue weighted by molar-refractivity contribution is 0.0447. The Labute approximate surface area is 507 Å². The number of piperidine rings is 3.